The molecule has 0 spiro atoms. The molecule has 0 radical (unpaired) electrons. The highest BCUT2D eigenvalue weighted by Gasteiger charge is 2.15. The summed E-state index contributed by atoms with van der Waals surface area (Å²) in [6.45, 7) is 5.82. The normalized spacial score (nSPS) is 11.1. The van der Waals surface area contributed by atoms with Gasteiger partial charge in [-0.3, -0.25) is 0 Å². The Balaban J connectivity index is 2.17. The van der Waals surface area contributed by atoms with E-state index in [0.717, 1.165) is 5.56 Å². The molecule has 23 heavy (non-hydrogen) atoms. The topological polar surface area (TPSA) is 79.5 Å². The Bertz CT molecular complexity index is 551. The Hall–Kier alpha value is -2.57. The highest BCUT2D eigenvalue weighted by Crippen LogP contribution is 2.06. The maximum atomic E-state index is 12.7. The molecule has 0 saturated carbocycles. The molecule has 0 aromatic heterocycles. The third kappa shape index (κ3) is 9.13. The van der Waals surface area contributed by atoms with Crippen molar-refractivity contribution in [3.05, 3.63) is 41.8 Å². The number of ether oxygens (including phenoxy) is 1. The van der Waals surface area contributed by atoms with Crippen molar-refractivity contribution in [1.82, 2.24) is 16.0 Å². The van der Waals surface area contributed by atoms with E-state index in [1.165, 1.54) is 18.3 Å². The van der Waals surface area contributed by atoms with Crippen molar-refractivity contribution in [1.29, 1.82) is 0 Å². The van der Waals surface area contributed by atoms with Crippen molar-refractivity contribution in [2.24, 2.45) is 0 Å². The molecule has 0 fully saturated rings. The average Bonchev–Trinajstić information content (AvgIpc) is 2.44. The maximum absolute atomic E-state index is 12.7. The van der Waals surface area contributed by atoms with Gasteiger partial charge in [0.05, 0.1) is 0 Å². The van der Waals surface area contributed by atoms with Crippen LogP contribution in [0.15, 0.2) is 30.5 Å². The van der Waals surface area contributed by atoms with E-state index in [4.69, 9.17) is 4.74 Å². The molecule has 0 aliphatic heterocycles. The van der Waals surface area contributed by atoms with E-state index in [1.807, 2.05) is 0 Å². The van der Waals surface area contributed by atoms with Gasteiger partial charge in [0, 0.05) is 19.3 Å². The Morgan fingerprint density at radius 3 is 2.35 bits per heavy atom. The van der Waals surface area contributed by atoms with Gasteiger partial charge in [0.2, 0.25) is 0 Å². The number of nitrogens with one attached hydrogen (secondary N) is 3. The molecular weight excluding hydrogens is 301 g/mol. The van der Waals surface area contributed by atoms with Crippen LogP contribution >= 0.6 is 0 Å². The van der Waals surface area contributed by atoms with Crippen molar-refractivity contribution < 1.29 is 18.7 Å². The predicted octanol–water partition coefficient (Wildman–Crippen LogP) is 2.62. The minimum Gasteiger partial charge on any atom is -0.444 e. The first-order chi connectivity index (χ1) is 10.8. The number of alkyl carbamates (subject to hydrolysis) is 1. The van der Waals surface area contributed by atoms with E-state index in [0.29, 0.717) is 0 Å². The number of halogens is 1. The lowest BCUT2D eigenvalue weighted by Gasteiger charge is -2.19. The zero-order valence-electron chi connectivity index (χ0n) is 13.5. The Labute approximate surface area is 135 Å². The van der Waals surface area contributed by atoms with Crippen molar-refractivity contribution in [2.75, 3.05) is 13.1 Å². The minimum absolute atomic E-state index is 0.254. The van der Waals surface area contributed by atoms with Crippen LogP contribution in [-0.4, -0.2) is 30.8 Å². The molecule has 0 bridgehead atoms. The van der Waals surface area contributed by atoms with E-state index in [-0.39, 0.29) is 18.9 Å². The first kappa shape index (κ1) is 18.5. The summed E-state index contributed by atoms with van der Waals surface area (Å²) in [4.78, 5) is 22.8. The summed E-state index contributed by atoms with van der Waals surface area (Å²) in [5.41, 5.74) is 0.207. The van der Waals surface area contributed by atoms with Gasteiger partial charge in [-0.25, -0.2) is 14.0 Å². The van der Waals surface area contributed by atoms with Crippen LogP contribution in [0.1, 0.15) is 26.3 Å². The van der Waals surface area contributed by atoms with Gasteiger partial charge < -0.3 is 20.7 Å². The average molecular weight is 323 g/mol. The summed E-state index contributed by atoms with van der Waals surface area (Å²) < 4.78 is 17.8. The van der Waals surface area contributed by atoms with Crippen LogP contribution in [0.25, 0.3) is 6.08 Å². The summed E-state index contributed by atoms with van der Waals surface area (Å²) in [6, 6.07) is 5.45. The second-order valence-electron chi connectivity index (χ2n) is 5.71. The molecule has 1 aromatic carbocycles. The Kier molecular flexibility index (Phi) is 7.05. The molecular formula is C16H22FN3O3. The van der Waals surface area contributed by atoms with Gasteiger partial charge in [-0.2, -0.15) is 0 Å². The van der Waals surface area contributed by atoms with Crippen molar-refractivity contribution in [3.63, 3.8) is 0 Å². The number of carbonyl (C=O) groups is 2. The second kappa shape index (κ2) is 8.77. The molecule has 0 heterocycles. The standard InChI is InChI=1S/C16H22FN3O3/c1-16(2,3)23-15(22)20-11-10-19-14(21)18-9-8-12-4-6-13(17)7-5-12/h4-9H,10-11H2,1-3H3,(H,20,22)(H2,18,19,21)/b9-8+. The molecule has 3 N–H and O–H groups in total. The van der Waals surface area contributed by atoms with Crippen LogP contribution in [0.5, 0.6) is 0 Å². The van der Waals surface area contributed by atoms with Gasteiger partial charge in [0.15, 0.2) is 0 Å². The van der Waals surface area contributed by atoms with Gasteiger partial charge in [-0.05, 0) is 44.5 Å². The predicted molar refractivity (Wildman–Crippen MR) is 86.2 cm³/mol. The second-order valence-corrected chi connectivity index (χ2v) is 5.71. The summed E-state index contributed by atoms with van der Waals surface area (Å²) in [5.74, 6) is -0.315. The third-order valence-electron chi connectivity index (χ3n) is 2.44. The molecule has 6 nitrogen and oxygen atoms in total. The number of hydrogen-bond acceptors (Lipinski definition) is 3. The SMILES string of the molecule is CC(C)(C)OC(=O)NCCNC(=O)N/C=C/c1ccc(F)cc1. The van der Waals surface area contributed by atoms with Gasteiger partial charge in [0.25, 0.3) is 0 Å². The highest BCUT2D eigenvalue weighted by molar-refractivity contribution is 5.76. The van der Waals surface area contributed by atoms with Crippen LogP contribution in [0.4, 0.5) is 14.0 Å². The molecule has 1 rings (SSSR count). The highest BCUT2D eigenvalue weighted by atomic mass is 19.1. The molecule has 3 amide bonds. The van der Waals surface area contributed by atoms with E-state index >= 15 is 0 Å². The number of carbonyl (C=O) groups excluding carboxylic acids is 2. The summed E-state index contributed by atoms with van der Waals surface area (Å²) in [6.07, 6.45) is 2.55. The summed E-state index contributed by atoms with van der Waals surface area (Å²) in [7, 11) is 0. The molecule has 0 atom stereocenters. The molecule has 0 aliphatic carbocycles. The number of amides is 3. The van der Waals surface area contributed by atoms with Crippen LogP contribution < -0.4 is 16.0 Å². The maximum Gasteiger partial charge on any atom is 0.407 e. The number of urea groups is 1. The van der Waals surface area contributed by atoms with Crippen LogP contribution in [-0.2, 0) is 4.74 Å². The first-order valence-electron chi connectivity index (χ1n) is 7.19. The van der Waals surface area contributed by atoms with E-state index in [1.54, 1.807) is 39.0 Å². The molecule has 1 aromatic rings. The lowest BCUT2D eigenvalue weighted by Crippen LogP contribution is -2.40. The van der Waals surface area contributed by atoms with Gasteiger partial charge >= 0.3 is 12.1 Å². The van der Waals surface area contributed by atoms with Gasteiger partial charge in [-0.15, -0.1) is 0 Å². The molecule has 0 unspecified atom stereocenters. The monoisotopic (exact) mass is 323 g/mol. The number of benzene rings is 1. The summed E-state index contributed by atoms with van der Waals surface area (Å²) >= 11 is 0. The fourth-order valence-corrected chi connectivity index (χ4v) is 1.49. The zero-order chi connectivity index (χ0) is 17.3. The smallest absolute Gasteiger partial charge is 0.407 e. The van der Waals surface area contributed by atoms with Gasteiger partial charge in [0.1, 0.15) is 11.4 Å². The molecule has 126 valence electrons. The lowest BCUT2D eigenvalue weighted by atomic mass is 10.2. The van der Waals surface area contributed by atoms with Crippen molar-refractivity contribution in [3.8, 4) is 0 Å². The fourth-order valence-electron chi connectivity index (χ4n) is 1.49. The molecule has 0 aliphatic rings. The van der Waals surface area contributed by atoms with Crippen molar-refractivity contribution in [2.45, 2.75) is 26.4 Å². The van der Waals surface area contributed by atoms with E-state index < -0.39 is 17.7 Å². The molecule has 0 saturated heterocycles. The summed E-state index contributed by atoms with van der Waals surface area (Å²) in [5, 5.41) is 7.59. The van der Waals surface area contributed by atoms with Crippen LogP contribution in [0.3, 0.4) is 0 Å². The Morgan fingerprint density at radius 2 is 1.74 bits per heavy atom. The minimum atomic E-state index is -0.556. The third-order valence-corrected chi connectivity index (χ3v) is 2.44. The van der Waals surface area contributed by atoms with E-state index in [9.17, 15) is 14.0 Å². The molecule has 7 heteroatoms. The van der Waals surface area contributed by atoms with Crippen LogP contribution in [0, 0.1) is 5.82 Å². The van der Waals surface area contributed by atoms with E-state index in [2.05, 4.69) is 16.0 Å². The zero-order valence-corrected chi connectivity index (χ0v) is 13.5. The van der Waals surface area contributed by atoms with Crippen LogP contribution in [0.2, 0.25) is 0 Å². The lowest BCUT2D eigenvalue weighted by molar-refractivity contribution is 0.0528. The Morgan fingerprint density at radius 1 is 1.13 bits per heavy atom. The number of rotatable bonds is 5. The first-order valence-corrected chi connectivity index (χ1v) is 7.19. The van der Waals surface area contributed by atoms with Gasteiger partial charge in [-0.1, -0.05) is 12.1 Å². The quantitative estimate of drug-likeness (QED) is 0.729. The number of hydrogen-bond donors (Lipinski definition) is 3. The van der Waals surface area contributed by atoms with Crippen molar-refractivity contribution >= 4 is 18.2 Å². The fraction of sp³-hybridized carbons (Fsp3) is 0.375. The largest absolute Gasteiger partial charge is 0.444 e.